The predicted molar refractivity (Wildman–Crippen MR) is 110 cm³/mol. The summed E-state index contributed by atoms with van der Waals surface area (Å²) in [4.78, 5) is 16.5. The molecule has 6 nitrogen and oxygen atoms in total. The second-order valence-electron chi connectivity index (χ2n) is 6.85. The zero-order valence-corrected chi connectivity index (χ0v) is 17.3. The molecule has 1 saturated heterocycles. The van der Waals surface area contributed by atoms with Crippen molar-refractivity contribution in [2.45, 2.75) is 13.1 Å². The van der Waals surface area contributed by atoms with Gasteiger partial charge in [-0.25, -0.2) is 9.18 Å². The summed E-state index contributed by atoms with van der Waals surface area (Å²) >= 11 is 5.78. The maximum Gasteiger partial charge on any atom is 0.317 e. The summed E-state index contributed by atoms with van der Waals surface area (Å²) in [6.07, 6.45) is 0. The number of halogens is 2. The largest absolute Gasteiger partial charge is 0.497 e. The standard InChI is InChI=1S/C21H25ClFN3O3/c1-28-17-4-6-20(29-2)16(12-17)14-25-7-9-26(10-8-25)21(27)24-13-15-3-5-19(23)18(22)11-15/h3-6,11-12H,7-10,13-14H2,1-2H3,(H,24,27). The second kappa shape index (κ2) is 9.80. The Kier molecular flexibility index (Phi) is 7.17. The molecule has 0 aromatic heterocycles. The van der Waals surface area contributed by atoms with Crippen LogP contribution in [0.3, 0.4) is 0 Å². The molecule has 2 amide bonds. The van der Waals surface area contributed by atoms with E-state index in [0.29, 0.717) is 19.6 Å². The highest BCUT2D eigenvalue weighted by molar-refractivity contribution is 6.30. The van der Waals surface area contributed by atoms with Crippen LogP contribution in [-0.4, -0.2) is 56.2 Å². The van der Waals surface area contributed by atoms with Crippen LogP contribution in [0.1, 0.15) is 11.1 Å². The smallest absolute Gasteiger partial charge is 0.317 e. The van der Waals surface area contributed by atoms with E-state index in [4.69, 9.17) is 21.1 Å². The Labute approximate surface area is 175 Å². The molecule has 0 atom stereocenters. The molecule has 0 bridgehead atoms. The number of rotatable bonds is 6. The number of amides is 2. The molecule has 3 rings (SSSR count). The van der Waals surface area contributed by atoms with E-state index in [1.54, 1.807) is 25.2 Å². The summed E-state index contributed by atoms with van der Waals surface area (Å²) in [6, 6.07) is 10.1. The van der Waals surface area contributed by atoms with Crippen molar-refractivity contribution in [3.8, 4) is 11.5 Å². The van der Waals surface area contributed by atoms with E-state index in [1.807, 2.05) is 18.2 Å². The Morgan fingerprint density at radius 3 is 2.52 bits per heavy atom. The lowest BCUT2D eigenvalue weighted by Crippen LogP contribution is -2.51. The second-order valence-corrected chi connectivity index (χ2v) is 7.26. The molecule has 0 saturated carbocycles. The normalized spacial score (nSPS) is 14.6. The van der Waals surface area contributed by atoms with Crippen molar-refractivity contribution in [2.75, 3.05) is 40.4 Å². The van der Waals surface area contributed by atoms with Crippen molar-refractivity contribution in [1.82, 2.24) is 15.1 Å². The lowest BCUT2D eigenvalue weighted by atomic mass is 10.1. The summed E-state index contributed by atoms with van der Waals surface area (Å²) in [5.74, 6) is 1.15. The molecule has 0 unspecified atom stereocenters. The Morgan fingerprint density at radius 1 is 1.10 bits per heavy atom. The lowest BCUT2D eigenvalue weighted by Gasteiger charge is -2.35. The number of urea groups is 1. The van der Waals surface area contributed by atoms with Crippen LogP contribution in [0.25, 0.3) is 0 Å². The third-order valence-electron chi connectivity index (χ3n) is 4.97. The number of carbonyl (C=O) groups excluding carboxylic acids is 1. The number of ether oxygens (including phenoxy) is 2. The maximum absolute atomic E-state index is 13.2. The number of nitrogens with zero attached hydrogens (tertiary/aromatic N) is 2. The first-order valence-electron chi connectivity index (χ1n) is 9.40. The van der Waals surface area contributed by atoms with Crippen molar-refractivity contribution in [2.24, 2.45) is 0 Å². The Bertz CT molecular complexity index is 857. The van der Waals surface area contributed by atoms with E-state index in [1.165, 1.54) is 12.1 Å². The fraction of sp³-hybridized carbons (Fsp3) is 0.381. The average Bonchev–Trinajstić information content (AvgIpc) is 2.74. The third-order valence-corrected chi connectivity index (χ3v) is 5.26. The van der Waals surface area contributed by atoms with Crippen LogP contribution in [-0.2, 0) is 13.1 Å². The molecule has 1 N–H and O–H groups in total. The monoisotopic (exact) mass is 421 g/mol. The number of methoxy groups -OCH3 is 2. The van der Waals surface area contributed by atoms with E-state index in [2.05, 4.69) is 10.2 Å². The van der Waals surface area contributed by atoms with Gasteiger partial charge in [0.25, 0.3) is 0 Å². The molecule has 1 fully saturated rings. The van der Waals surface area contributed by atoms with E-state index in [0.717, 1.165) is 42.3 Å². The van der Waals surface area contributed by atoms with E-state index in [9.17, 15) is 9.18 Å². The summed E-state index contributed by atoms with van der Waals surface area (Å²) in [5, 5.41) is 2.92. The van der Waals surface area contributed by atoms with E-state index in [-0.39, 0.29) is 11.1 Å². The van der Waals surface area contributed by atoms with E-state index < -0.39 is 5.82 Å². The molecular weight excluding hydrogens is 397 g/mol. The van der Waals surface area contributed by atoms with Gasteiger partial charge in [-0.05, 0) is 35.9 Å². The van der Waals surface area contributed by atoms with Crippen molar-refractivity contribution in [1.29, 1.82) is 0 Å². The van der Waals surface area contributed by atoms with Crippen LogP contribution in [0.2, 0.25) is 5.02 Å². The molecule has 1 aliphatic rings. The minimum absolute atomic E-state index is 0.0540. The van der Waals surface area contributed by atoms with Gasteiger partial charge in [0.05, 0.1) is 19.2 Å². The predicted octanol–water partition coefficient (Wildman–Crippen LogP) is 3.52. The highest BCUT2D eigenvalue weighted by atomic mass is 35.5. The zero-order valence-electron chi connectivity index (χ0n) is 16.6. The molecule has 0 aliphatic carbocycles. The van der Waals surface area contributed by atoms with E-state index >= 15 is 0 Å². The minimum atomic E-state index is -0.467. The first kappa shape index (κ1) is 21.2. The first-order valence-corrected chi connectivity index (χ1v) is 9.78. The number of benzene rings is 2. The lowest BCUT2D eigenvalue weighted by molar-refractivity contribution is 0.134. The SMILES string of the molecule is COc1ccc(OC)c(CN2CCN(C(=O)NCc3ccc(F)c(Cl)c3)CC2)c1. The number of nitrogens with one attached hydrogen (secondary N) is 1. The minimum Gasteiger partial charge on any atom is -0.497 e. The molecule has 0 radical (unpaired) electrons. The van der Waals surface area contributed by atoms with Crippen LogP contribution < -0.4 is 14.8 Å². The summed E-state index contributed by atoms with van der Waals surface area (Å²) in [6.45, 7) is 3.81. The number of hydrogen-bond donors (Lipinski definition) is 1. The first-order chi connectivity index (χ1) is 14.0. The molecule has 0 spiro atoms. The van der Waals surface area contributed by atoms with Gasteiger partial charge in [0.1, 0.15) is 17.3 Å². The fourth-order valence-electron chi connectivity index (χ4n) is 3.29. The highest BCUT2D eigenvalue weighted by Gasteiger charge is 2.22. The number of piperazine rings is 1. The fourth-order valence-corrected chi connectivity index (χ4v) is 3.50. The van der Waals surface area contributed by atoms with Crippen LogP contribution in [0, 0.1) is 5.82 Å². The molecule has 29 heavy (non-hydrogen) atoms. The van der Waals surface area contributed by atoms with Gasteiger partial charge in [-0.15, -0.1) is 0 Å². The van der Waals surface area contributed by atoms with Gasteiger partial charge in [-0.3, -0.25) is 4.90 Å². The van der Waals surface area contributed by atoms with Gasteiger partial charge in [0.2, 0.25) is 0 Å². The molecular formula is C21H25ClFN3O3. The zero-order chi connectivity index (χ0) is 20.8. The summed E-state index contributed by atoms with van der Waals surface area (Å²) in [5.41, 5.74) is 1.81. The maximum atomic E-state index is 13.2. The van der Waals surface area contributed by atoms with Crippen molar-refractivity contribution >= 4 is 17.6 Å². The van der Waals surface area contributed by atoms with Crippen LogP contribution >= 0.6 is 11.6 Å². The van der Waals surface area contributed by atoms with Crippen LogP contribution in [0.4, 0.5) is 9.18 Å². The molecule has 2 aromatic rings. The Hall–Kier alpha value is -2.51. The molecule has 1 heterocycles. The van der Waals surface area contributed by atoms with Gasteiger partial charge in [-0.1, -0.05) is 17.7 Å². The number of hydrogen-bond acceptors (Lipinski definition) is 4. The van der Waals surface area contributed by atoms with Crippen LogP contribution in [0.5, 0.6) is 11.5 Å². The third kappa shape index (κ3) is 5.52. The van der Waals surface area contributed by atoms with Gasteiger partial charge in [0.15, 0.2) is 0 Å². The van der Waals surface area contributed by atoms with Crippen LogP contribution in [0.15, 0.2) is 36.4 Å². The van der Waals surface area contributed by atoms with Gasteiger partial charge in [-0.2, -0.15) is 0 Å². The van der Waals surface area contributed by atoms with Crippen molar-refractivity contribution in [3.05, 3.63) is 58.4 Å². The summed E-state index contributed by atoms with van der Waals surface area (Å²) < 4.78 is 24.0. The van der Waals surface area contributed by atoms with Crippen molar-refractivity contribution in [3.63, 3.8) is 0 Å². The molecule has 8 heteroatoms. The molecule has 156 valence electrons. The van der Waals surface area contributed by atoms with Crippen molar-refractivity contribution < 1.29 is 18.7 Å². The quantitative estimate of drug-likeness (QED) is 0.775. The summed E-state index contributed by atoms with van der Waals surface area (Å²) in [7, 11) is 3.30. The van der Waals surface area contributed by atoms with Gasteiger partial charge < -0.3 is 19.7 Å². The van der Waals surface area contributed by atoms with Gasteiger partial charge >= 0.3 is 6.03 Å². The van der Waals surface area contributed by atoms with Gasteiger partial charge in [0, 0.05) is 44.8 Å². The average molecular weight is 422 g/mol. The Balaban J connectivity index is 1.50. The number of carbonyl (C=O) groups is 1. The highest BCUT2D eigenvalue weighted by Crippen LogP contribution is 2.25. The topological polar surface area (TPSA) is 54.0 Å². The molecule has 1 aliphatic heterocycles. The Morgan fingerprint density at radius 2 is 1.86 bits per heavy atom. The molecule has 2 aromatic carbocycles.